The van der Waals surface area contributed by atoms with Gasteiger partial charge in [-0.1, -0.05) is 39.3 Å². The number of aromatic nitrogens is 2. The van der Waals surface area contributed by atoms with Gasteiger partial charge < -0.3 is 10.1 Å². The predicted molar refractivity (Wildman–Crippen MR) is 82.4 cm³/mol. The van der Waals surface area contributed by atoms with Crippen molar-refractivity contribution in [3.05, 3.63) is 17.0 Å². The van der Waals surface area contributed by atoms with E-state index in [9.17, 15) is 0 Å². The van der Waals surface area contributed by atoms with Crippen LogP contribution in [0.3, 0.4) is 0 Å². The molecule has 0 amide bonds. The molecule has 0 radical (unpaired) electrons. The fourth-order valence-corrected chi connectivity index (χ4v) is 2.64. The SMILES string of the molecule is CCC1OCCC1CNc1cc(Cl)nc(C(C)(C)C)n1. The summed E-state index contributed by atoms with van der Waals surface area (Å²) in [6.07, 6.45) is 2.53. The summed E-state index contributed by atoms with van der Waals surface area (Å²) in [5.74, 6) is 2.12. The highest BCUT2D eigenvalue weighted by Gasteiger charge is 2.26. The zero-order valence-corrected chi connectivity index (χ0v) is 13.5. The average Bonchev–Trinajstić information content (AvgIpc) is 2.82. The quantitative estimate of drug-likeness (QED) is 0.862. The summed E-state index contributed by atoms with van der Waals surface area (Å²) in [7, 11) is 0. The summed E-state index contributed by atoms with van der Waals surface area (Å²) in [6.45, 7) is 10.2. The van der Waals surface area contributed by atoms with Crippen molar-refractivity contribution in [1.29, 1.82) is 0 Å². The van der Waals surface area contributed by atoms with Gasteiger partial charge in [-0.2, -0.15) is 0 Å². The van der Waals surface area contributed by atoms with Crippen molar-refractivity contribution in [3.63, 3.8) is 0 Å². The van der Waals surface area contributed by atoms with E-state index in [1.54, 1.807) is 6.07 Å². The minimum Gasteiger partial charge on any atom is -0.378 e. The fraction of sp³-hybridized carbons (Fsp3) is 0.733. The highest BCUT2D eigenvalue weighted by Crippen LogP contribution is 2.25. The van der Waals surface area contributed by atoms with Gasteiger partial charge in [-0.15, -0.1) is 0 Å². The molecule has 4 nitrogen and oxygen atoms in total. The minimum absolute atomic E-state index is 0.107. The van der Waals surface area contributed by atoms with Gasteiger partial charge in [0.05, 0.1) is 6.10 Å². The molecule has 112 valence electrons. The molecule has 2 atom stereocenters. The average molecular weight is 298 g/mol. The molecule has 0 spiro atoms. The second-order valence-electron chi connectivity index (χ2n) is 6.40. The first-order chi connectivity index (χ1) is 9.40. The van der Waals surface area contributed by atoms with E-state index in [0.717, 1.165) is 37.6 Å². The molecule has 1 aromatic rings. The fourth-order valence-electron chi connectivity index (χ4n) is 2.46. The van der Waals surface area contributed by atoms with Crippen molar-refractivity contribution in [3.8, 4) is 0 Å². The first-order valence-corrected chi connectivity index (χ1v) is 7.68. The molecule has 2 unspecified atom stereocenters. The third-order valence-electron chi connectivity index (χ3n) is 3.66. The van der Waals surface area contributed by atoms with Gasteiger partial charge in [0.25, 0.3) is 0 Å². The molecule has 1 saturated heterocycles. The van der Waals surface area contributed by atoms with Gasteiger partial charge in [-0.05, 0) is 12.8 Å². The summed E-state index contributed by atoms with van der Waals surface area (Å²) in [5.41, 5.74) is -0.107. The molecule has 0 bridgehead atoms. The van der Waals surface area contributed by atoms with Gasteiger partial charge >= 0.3 is 0 Å². The molecule has 5 heteroatoms. The lowest BCUT2D eigenvalue weighted by atomic mass is 9.96. The van der Waals surface area contributed by atoms with Crippen LogP contribution in [0.2, 0.25) is 5.15 Å². The molecular weight excluding hydrogens is 274 g/mol. The number of rotatable bonds is 4. The Morgan fingerprint density at radius 2 is 2.15 bits per heavy atom. The maximum atomic E-state index is 6.09. The van der Waals surface area contributed by atoms with E-state index in [1.807, 2.05) is 0 Å². The third kappa shape index (κ3) is 3.83. The van der Waals surface area contributed by atoms with Crippen molar-refractivity contribution in [2.75, 3.05) is 18.5 Å². The van der Waals surface area contributed by atoms with Crippen molar-refractivity contribution >= 4 is 17.4 Å². The lowest BCUT2D eigenvalue weighted by Crippen LogP contribution is -2.24. The molecule has 1 aliphatic rings. The molecule has 0 aromatic carbocycles. The van der Waals surface area contributed by atoms with Gasteiger partial charge in [0, 0.05) is 30.6 Å². The van der Waals surface area contributed by atoms with Crippen LogP contribution in [-0.4, -0.2) is 29.2 Å². The van der Waals surface area contributed by atoms with Gasteiger partial charge in [-0.3, -0.25) is 0 Å². The number of hydrogen-bond acceptors (Lipinski definition) is 4. The molecule has 20 heavy (non-hydrogen) atoms. The van der Waals surface area contributed by atoms with E-state index in [1.165, 1.54) is 0 Å². The summed E-state index contributed by atoms with van der Waals surface area (Å²) in [6, 6.07) is 1.79. The van der Waals surface area contributed by atoms with Crippen LogP contribution in [0.5, 0.6) is 0 Å². The van der Waals surface area contributed by atoms with E-state index in [4.69, 9.17) is 16.3 Å². The molecule has 2 rings (SSSR count). The Kier molecular flexibility index (Phi) is 4.86. The van der Waals surface area contributed by atoms with Gasteiger partial charge in [-0.25, -0.2) is 9.97 Å². The molecular formula is C15H24ClN3O. The molecule has 0 aliphatic carbocycles. The highest BCUT2D eigenvalue weighted by atomic mass is 35.5. The largest absolute Gasteiger partial charge is 0.378 e. The van der Waals surface area contributed by atoms with Crippen LogP contribution in [0, 0.1) is 5.92 Å². The van der Waals surface area contributed by atoms with E-state index < -0.39 is 0 Å². The Labute approximate surface area is 126 Å². The Morgan fingerprint density at radius 1 is 1.40 bits per heavy atom. The smallest absolute Gasteiger partial charge is 0.137 e. The molecule has 2 heterocycles. The number of hydrogen-bond donors (Lipinski definition) is 1. The lowest BCUT2D eigenvalue weighted by molar-refractivity contribution is 0.0900. The van der Waals surface area contributed by atoms with Crippen LogP contribution < -0.4 is 5.32 Å². The van der Waals surface area contributed by atoms with E-state index >= 15 is 0 Å². The second kappa shape index (κ2) is 6.27. The predicted octanol–water partition coefficient (Wildman–Crippen LogP) is 3.65. The van der Waals surface area contributed by atoms with Crippen LogP contribution in [-0.2, 0) is 10.2 Å². The number of nitrogens with zero attached hydrogens (tertiary/aromatic N) is 2. The molecule has 1 fully saturated rings. The topological polar surface area (TPSA) is 47.0 Å². The van der Waals surface area contributed by atoms with Gasteiger partial charge in [0.1, 0.15) is 16.8 Å². The third-order valence-corrected chi connectivity index (χ3v) is 3.85. The van der Waals surface area contributed by atoms with Gasteiger partial charge in [0.15, 0.2) is 0 Å². The Hall–Kier alpha value is -0.870. The molecule has 1 aromatic heterocycles. The number of ether oxygens (including phenoxy) is 1. The molecule has 0 saturated carbocycles. The van der Waals surface area contributed by atoms with Crippen LogP contribution in [0.4, 0.5) is 5.82 Å². The Balaban J connectivity index is 2.04. The second-order valence-corrected chi connectivity index (χ2v) is 6.78. The first kappa shape index (κ1) is 15.5. The summed E-state index contributed by atoms with van der Waals surface area (Å²) < 4.78 is 5.71. The van der Waals surface area contributed by atoms with Crippen molar-refractivity contribution < 1.29 is 4.74 Å². The van der Waals surface area contributed by atoms with Crippen LogP contribution in [0.15, 0.2) is 6.07 Å². The normalized spacial score (nSPS) is 23.1. The van der Waals surface area contributed by atoms with Gasteiger partial charge in [0.2, 0.25) is 0 Å². The first-order valence-electron chi connectivity index (χ1n) is 7.30. The molecule has 1 aliphatic heterocycles. The van der Waals surface area contributed by atoms with Crippen LogP contribution in [0.25, 0.3) is 0 Å². The van der Waals surface area contributed by atoms with Crippen molar-refractivity contribution in [2.24, 2.45) is 5.92 Å². The van der Waals surface area contributed by atoms with E-state index in [2.05, 4.69) is 43.0 Å². The summed E-state index contributed by atoms with van der Waals surface area (Å²) in [4.78, 5) is 8.87. The summed E-state index contributed by atoms with van der Waals surface area (Å²) >= 11 is 6.09. The maximum Gasteiger partial charge on any atom is 0.137 e. The van der Waals surface area contributed by atoms with Crippen LogP contribution in [0.1, 0.15) is 46.4 Å². The van der Waals surface area contributed by atoms with Crippen LogP contribution >= 0.6 is 11.6 Å². The zero-order chi connectivity index (χ0) is 14.8. The highest BCUT2D eigenvalue weighted by molar-refractivity contribution is 6.29. The number of nitrogens with one attached hydrogen (secondary N) is 1. The van der Waals surface area contributed by atoms with E-state index in [-0.39, 0.29) is 5.41 Å². The Morgan fingerprint density at radius 3 is 2.80 bits per heavy atom. The maximum absolute atomic E-state index is 6.09. The Bertz CT molecular complexity index is 459. The summed E-state index contributed by atoms with van der Waals surface area (Å²) in [5, 5.41) is 3.88. The van der Waals surface area contributed by atoms with Crippen molar-refractivity contribution in [2.45, 2.75) is 52.1 Å². The number of anilines is 1. The zero-order valence-electron chi connectivity index (χ0n) is 12.7. The van der Waals surface area contributed by atoms with Crippen molar-refractivity contribution in [1.82, 2.24) is 9.97 Å². The molecule has 1 N–H and O–H groups in total. The van der Waals surface area contributed by atoms with E-state index in [0.29, 0.717) is 17.2 Å². The number of halogens is 1. The minimum atomic E-state index is -0.107. The lowest BCUT2D eigenvalue weighted by Gasteiger charge is -2.20. The standard InChI is InChI=1S/C15H24ClN3O/c1-5-11-10(6-7-20-11)9-17-13-8-12(16)18-14(19-13)15(2,3)4/h8,10-11H,5-7,9H2,1-4H3,(H,17,18,19). The monoisotopic (exact) mass is 297 g/mol.